The van der Waals surface area contributed by atoms with E-state index in [2.05, 4.69) is 0 Å². The van der Waals surface area contributed by atoms with Crippen molar-refractivity contribution in [1.82, 2.24) is 0 Å². The molecule has 0 spiro atoms. The Morgan fingerprint density at radius 3 is 2.54 bits per heavy atom. The van der Waals surface area contributed by atoms with Gasteiger partial charge in [-0.05, 0) is 63.5 Å². The summed E-state index contributed by atoms with van der Waals surface area (Å²) in [6, 6.07) is 0. The molecule has 8 atom stereocenters. The maximum atomic E-state index is 17.1. The average molecular weight is 491 g/mol. The minimum atomic E-state index is -2.05. The van der Waals surface area contributed by atoms with Crippen LogP contribution in [0, 0.1) is 28.6 Å². The fourth-order valence-electron chi connectivity index (χ4n) is 7.75. The number of aliphatic hydroxyl groups is 2. The highest BCUT2D eigenvalue weighted by molar-refractivity contribution is 6.01. The summed E-state index contributed by atoms with van der Waals surface area (Å²) in [4.78, 5) is 48.3. The van der Waals surface area contributed by atoms with Crippen LogP contribution in [0.2, 0.25) is 0 Å². The molecule has 0 amide bonds. The first-order valence-corrected chi connectivity index (χ1v) is 12.4. The van der Waals surface area contributed by atoms with Crippen LogP contribution in [0.4, 0.5) is 4.39 Å². The van der Waals surface area contributed by atoms with Crippen LogP contribution in [0.15, 0.2) is 23.8 Å². The molecule has 0 radical (unpaired) electrons. The molecule has 4 aliphatic rings. The molecule has 0 aromatic carbocycles. The Kier molecular flexibility index (Phi) is 6.24. The van der Waals surface area contributed by atoms with Crippen LogP contribution in [0.5, 0.6) is 0 Å². The summed E-state index contributed by atoms with van der Waals surface area (Å²) < 4.78 is 22.2. The van der Waals surface area contributed by atoms with E-state index in [-0.39, 0.29) is 30.8 Å². The minimum absolute atomic E-state index is 0.00911. The zero-order valence-electron chi connectivity index (χ0n) is 20.8. The van der Waals surface area contributed by atoms with Gasteiger partial charge in [-0.3, -0.25) is 14.4 Å². The third-order valence-corrected chi connectivity index (χ3v) is 9.69. The van der Waals surface area contributed by atoms with Crippen LogP contribution in [0.1, 0.15) is 66.2 Å². The lowest BCUT2D eigenvalue weighted by Crippen LogP contribution is -2.69. The summed E-state index contributed by atoms with van der Waals surface area (Å²) in [5.41, 5.74) is -5.56. The van der Waals surface area contributed by atoms with Crippen molar-refractivity contribution in [3.8, 4) is 0 Å². The Morgan fingerprint density at radius 2 is 1.89 bits per heavy atom. The number of alkyl halides is 1. The smallest absolute Gasteiger partial charge is 0.306 e. The molecule has 7 nitrogen and oxygen atoms in total. The van der Waals surface area contributed by atoms with E-state index in [1.54, 1.807) is 26.8 Å². The predicted molar refractivity (Wildman–Crippen MR) is 124 cm³/mol. The number of carbonyl (C=O) groups excluding carboxylic acids is 4. The number of carbonyl (C=O) groups is 4. The molecule has 0 saturated heterocycles. The molecule has 2 N–H and O–H groups in total. The molecule has 0 aromatic heterocycles. The highest BCUT2D eigenvalue weighted by Crippen LogP contribution is 2.70. The second-order valence-electron chi connectivity index (χ2n) is 11.5. The Bertz CT molecular complexity index is 1030. The molecule has 4 rings (SSSR count). The van der Waals surface area contributed by atoms with Crippen LogP contribution in [-0.4, -0.2) is 57.5 Å². The number of allylic oxidation sites excluding steroid dienone is 4. The monoisotopic (exact) mass is 490 g/mol. The van der Waals surface area contributed by atoms with E-state index in [9.17, 15) is 29.4 Å². The Labute approximate surface area is 204 Å². The first-order valence-electron chi connectivity index (χ1n) is 12.4. The quantitative estimate of drug-likeness (QED) is 0.550. The molecular formula is C27H35FO7. The maximum absolute atomic E-state index is 17.1. The summed E-state index contributed by atoms with van der Waals surface area (Å²) in [6.45, 7) is 5.90. The van der Waals surface area contributed by atoms with Crippen molar-refractivity contribution in [2.75, 3.05) is 6.61 Å². The van der Waals surface area contributed by atoms with Gasteiger partial charge in [0.05, 0.1) is 12.5 Å². The summed E-state index contributed by atoms with van der Waals surface area (Å²) in [7, 11) is 0. The molecule has 0 bridgehead atoms. The van der Waals surface area contributed by atoms with Crippen LogP contribution >= 0.6 is 0 Å². The van der Waals surface area contributed by atoms with E-state index < -0.39 is 64.3 Å². The van der Waals surface area contributed by atoms with Crippen LogP contribution in [0.3, 0.4) is 0 Å². The fourth-order valence-corrected chi connectivity index (χ4v) is 7.75. The van der Waals surface area contributed by atoms with Crippen LogP contribution < -0.4 is 0 Å². The zero-order valence-corrected chi connectivity index (χ0v) is 20.8. The number of hydrogen-bond acceptors (Lipinski definition) is 7. The standard InChI is InChI=1S/C27H35FO7/c1-15-11-20-19-7-6-17-12-18(30)9-10-24(17,3)26(19,28)21(31)13-25(20,4)27(15,34)22(32)14-35-23(33)8-5-16(2)29/h9-10,12,15,19-21,31,34H,5-8,11,13-14H2,1-4H3/t15-,19+,20+,21+,24+,25+,26+,27+/m1/s1. The summed E-state index contributed by atoms with van der Waals surface area (Å²) in [5, 5.41) is 23.2. The van der Waals surface area contributed by atoms with Gasteiger partial charge in [0, 0.05) is 23.2 Å². The molecule has 35 heavy (non-hydrogen) atoms. The third-order valence-electron chi connectivity index (χ3n) is 9.69. The summed E-state index contributed by atoms with van der Waals surface area (Å²) in [6.07, 6.45) is 3.92. The van der Waals surface area contributed by atoms with Gasteiger partial charge in [-0.25, -0.2) is 4.39 Å². The minimum Gasteiger partial charge on any atom is -0.458 e. The van der Waals surface area contributed by atoms with Gasteiger partial charge >= 0.3 is 5.97 Å². The van der Waals surface area contributed by atoms with E-state index in [0.717, 1.165) is 0 Å². The zero-order chi connectivity index (χ0) is 26.0. The molecule has 3 fully saturated rings. The van der Waals surface area contributed by atoms with E-state index in [0.29, 0.717) is 24.8 Å². The van der Waals surface area contributed by atoms with E-state index >= 15 is 4.39 Å². The van der Waals surface area contributed by atoms with Crippen molar-refractivity contribution in [2.45, 2.75) is 83.6 Å². The number of rotatable bonds is 6. The molecule has 0 aliphatic heterocycles. The Hall–Kier alpha value is -2.19. The van der Waals surface area contributed by atoms with Gasteiger partial charge in [0.25, 0.3) is 0 Å². The molecule has 4 aliphatic carbocycles. The normalized spacial score (nSPS) is 44.1. The number of Topliss-reactive ketones (excluding diaryl/α,β-unsaturated/α-hetero) is 2. The van der Waals surface area contributed by atoms with Gasteiger partial charge in [0.1, 0.15) is 11.4 Å². The number of ketones is 3. The topological polar surface area (TPSA) is 118 Å². The molecular weight excluding hydrogens is 455 g/mol. The SMILES string of the molecule is CC(=O)CCC(=O)OCC(=O)[C@@]1(O)[C@H](C)C[C@H]2[C@@H]3CCC4=CC(=O)C=C[C@]4(C)[C@@]3(F)[C@@H](O)C[C@@]21C. The van der Waals surface area contributed by atoms with Crippen molar-refractivity contribution < 1.29 is 38.5 Å². The summed E-state index contributed by atoms with van der Waals surface area (Å²) >= 11 is 0. The maximum Gasteiger partial charge on any atom is 0.306 e. The Morgan fingerprint density at radius 1 is 1.20 bits per heavy atom. The molecule has 0 heterocycles. The molecule has 8 heteroatoms. The van der Waals surface area contributed by atoms with Gasteiger partial charge in [-0.2, -0.15) is 0 Å². The van der Waals surface area contributed by atoms with Gasteiger partial charge in [-0.15, -0.1) is 0 Å². The molecule has 0 unspecified atom stereocenters. The van der Waals surface area contributed by atoms with E-state index in [1.165, 1.54) is 19.1 Å². The van der Waals surface area contributed by atoms with E-state index in [4.69, 9.17) is 4.74 Å². The lowest BCUT2D eigenvalue weighted by molar-refractivity contribution is -0.220. The highest BCUT2D eigenvalue weighted by Gasteiger charge is 2.75. The van der Waals surface area contributed by atoms with Crippen molar-refractivity contribution in [2.24, 2.45) is 28.6 Å². The van der Waals surface area contributed by atoms with E-state index in [1.807, 2.05) is 0 Å². The van der Waals surface area contributed by atoms with Gasteiger partial charge < -0.3 is 19.7 Å². The summed E-state index contributed by atoms with van der Waals surface area (Å²) in [5.74, 6) is -3.29. The lowest BCUT2D eigenvalue weighted by atomic mass is 9.44. The average Bonchev–Trinajstić information content (AvgIpc) is 2.99. The fraction of sp³-hybridized carbons (Fsp3) is 0.704. The molecule has 192 valence electrons. The second kappa shape index (κ2) is 8.44. The number of fused-ring (bicyclic) bond motifs is 5. The first kappa shape index (κ1) is 25.9. The number of ether oxygens (including phenoxy) is 1. The Balaban J connectivity index is 1.62. The molecule has 3 saturated carbocycles. The number of esters is 1. The van der Waals surface area contributed by atoms with Crippen molar-refractivity contribution in [3.05, 3.63) is 23.8 Å². The van der Waals surface area contributed by atoms with Gasteiger partial charge in [0.2, 0.25) is 5.78 Å². The van der Waals surface area contributed by atoms with Gasteiger partial charge in [0.15, 0.2) is 18.1 Å². The van der Waals surface area contributed by atoms with Crippen LogP contribution in [-0.2, 0) is 23.9 Å². The number of aliphatic hydroxyl groups excluding tert-OH is 1. The third kappa shape index (κ3) is 3.50. The van der Waals surface area contributed by atoms with Crippen molar-refractivity contribution in [1.29, 1.82) is 0 Å². The number of hydrogen-bond donors (Lipinski definition) is 2. The predicted octanol–water partition coefficient (Wildman–Crippen LogP) is 2.82. The first-order chi connectivity index (χ1) is 16.2. The van der Waals surface area contributed by atoms with Gasteiger partial charge in [-0.1, -0.05) is 25.5 Å². The highest BCUT2D eigenvalue weighted by atomic mass is 19.1. The second-order valence-corrected chi connectivity index (χ2v) is 11.5. The number of halogens is 1. The van der Waals surface area contributed by atoms with Crippen LogP contribution in [0.25, 0.3) is 0 Å². The lowest BCUT2D eigenvalue weighted by Gasteiger charge is -2.62. The van der Waals surface area contributed by atoms with Crippen molar-refractivity contribution >= 4 is 23.3 Å². The van der Waals surface area contributed by atoms with Crippen molar-refractivity contribution in [3.63, 3.8) is 0 Å². The largest absolute Gasteiger partial charge is 0.458 e. The molecule has 0 aromatic rings.